The normalized spacial score (nSPS) is 11.0. The third kappa shape index (κ3) is 1.89. The van der Waals surface area contributed by atoms with Gasteiger partial charge in [0.1, 0.15) is 0 Å². The molecule has 0 saturated carbocycles. The molecule has 0 bridgehead atoms. The number of benzene rings is 1. The van der Waals surface area contributed by atoms with E-state index in [1.807, 2.05) is 0 Å². The van der Waals surface area contributed by atoms with E-state index in [0.29, 0.717) is 32.9 Å². The van der Waals surface area contributed by atoms with E-state index in [9.17, 15) is 0 Å². The minimum Gasteiger partial charge on any atom is -0.434 e. The molecule has 90 valence electrons. The lowest BCUT2D eigenvalue weighted by Crippen LogP contribution is -1.85. The van der Waals surface area contributed by atoms with Crippen LogP contribution < -0.4 is 5.73 Å². The van der Waals surface area contributed by atoms with Gasteiger partial charge in [0, 0.05) is 11.6 Å². The monoisotopic (exact) mass is 279 g/mol. The molecule has 0 aliphatic heterocycles. The lowest BCUT2D eigenvalue weighted by atomic mass is 10.2. The van der Waals surface area contributed by atoms with Crippen molar-refractivity contribution in [1.29, 1.82) is 0 Å². The Kier molecular flexibility index (Phi) is 2.61. The largest absolute Gasteiger partial charge is 0.434 e. The Bertz CT molecular complexity index is 739. The van der Waals surface area contributed by atoms with E-state index in [1.54, 1.807) is 24.3 Å². The average Bonchev–Trinajstić information content (AvgIpc) is 2.75. The number of hydrogen-bond donors (Lipinski definition) is 1. The Morgan fingerprint density at radius 1 is 1.11 bits per heavy atom. The van der Waals surface area contributed by atoms with Crippen LogP contribution in [0.15, 0.2) is 34.9 Å². The fraction of sp³-hybridized carbons (Fsp3) is 0. The van der Waals surface area contributed by atoms with Gasteiger partial charge >= 0.3 is 0 Å². The van der Waals surface area contributed by atoms with Gasteiger partial charge in [-0.25, -0.2) is 4.98 Å². The van der Waals surface area contributed by atoms with E-state index in [-0.39, 0.29) is 0 Å². The topological polar surface area (TPSA) is 64.9 Å². The number of nitrogens with zero attached hydrogens (tertiary/aromatic N) is 2. The second-order valence-corrected chi connectivity index (χ2v) is 4.55. The Morgan fingerprint density at radius 3 is 2.72 bits per heavy atom. The van der Waals surface area contributed by atoms with Crippen LogP contribution in [0.5, 0.6) is 0 Å². The molecule has 0 saturated heterocycles. The van der Waals surface area contributed by atoms with Crippen LogP contribution in [0, 0.1) is 0 Å². The summed E-state index contributed by atoms with van der Waals surface area (Å²) in [5.74, 6) is 0.432. The molecule has 2 heterocycles. The maximum absolute atomic E-state index is 5.95. The quantitative estimate of drug-likeness (QED) is 0.736. The highest BCUT2D eigenvalue weighted by atomic mass is 35.5. The van der Waals surface area contributed by atoms with Crippen LogP contribution in [0.1, 0.15) is 0 Å². The Hall–Kier alpha value is -1.78. The van der Waals surface area contributed by atoms with Gasteiger partial charge in [-0.3, -0.25) is 0 Å². The molecule has 18 heavy (non-hydrogen) atoms. The van der Waals surface area contributed by atoms with Crippen molar-refractivity contribution in [3.8, 4) is 11.5 Å². The molecule has 0 fully saturated rings. The van der Waals surface area contributed by atoms with E-state index in [1.165, 1.54) is 6.20 Å². The number of oxazole rings is 1. The van der Waals surface area contributed by atoms with Gasteiger partial charge in [-0.05, 0) is 18.2 Å². The van der Waals surface area contributed by atoms with Crippen molar-refractivity contribution in [2.75, 3.05) is 5.73 Å². The molecule has 0 aliphatic carbocycles. The molecule has 0 spiro atoms. The predicted molar refractivity (Wildman–Crippen MR) is 71.7 cm³/mol. The fourth-order valence-corrected chi connectivity index (χ4v) is 1.89. The molecule has 6 heteroatoms. The minimum absolute atomic E-state index is 0.432. The molecule has 3 rings (SSSR count). The standard InChI is InChI=1S/C12H7Cl2N3O/c13-8-2-1-6(3-9(8)14)12-17-11-10(18-12)4-7(15)5-16-11/h1-5H,15H2. The molecule has 0 amide bonds. The minimum atomic E-state index is 0.432. The molecule has 1 aromatic carbocycles. The van der Waals surface area contributed by atoms with Crippen LogP contribution in [0.3, 0.4) is 0 Å². The summed E-state index contributed by atoms with van der Waals surface area (Å²) in [7, 11) is 0. The predicted octanol–water partition coefficient (Wildman–Crippen LogP) is 3.78. The molecule has 0 radical (unpaired) electrons. The van der Waals surface area contributed by atoms with Crippen molar-refractivity contribution in [2.45, 2.75) is 0 Å². The van der Waals surface area contributed by atoms with Crippen molar-refractivity contribution in [3.05, 3.63) is 40.5 Å². The lowest BCUT2D eigenvalue weighted by molar-refractivity contribution is 0.620. The summed E-state index contributed by atoms with van der Waals surface area (Å²) < 4.78 is 5.57. The van der Waals surface area contributed by atoms with E-state index in [2.05, 4.69) is 9.97 Å². The first-order chi connectivity index (χ1) is 8.63. The number of aromatic nitrogens is 2. The van der Waals surface area contributed by atoms with Crippen LogP contribution in [-0.4, -0.2) is 9.97 Å². The summed E-state index contributed by atoms with van der Waals surface area (Å²) in [4.78, 5) is 8.34. The van der Waals surface area contributed by atoms with E-state index >= 15 is 0 Å². The summed E-state index contributed by atoms with van der Waals surface area (Å²) >= 11 is 11.8. The molecule has 0 aliphatic rings. The number of anilines is 1. The number of halogens is 2. The van der Waals surface area contributed by atoms with Crippen LogP contribution in [0.2, 0.25) is 10.0 Å². The number of rotatable bonds is 1. The van der Waals surface area contributed by atoms with Crippen molar-refractivity contribution in [3.63, 3.8) is 0 Å². The highest BCUT2D eigenvalue weighted by Crippen LogP contribution is 2.29. The summed E-state index contributed by atoms with van der Waals surface area (Å²) in [6.07, 6.45) is 1.53. The van der Waals surface area contributed by atoms with E-state index in [4.69, 9.17) is 33.4 Å². The summed E-state index contributed by atoms with van der Waals surface area (Å²) in [5.41, 5.74) is 7.93. The number of nitrogens with two attached hydrogens (primary N) is 1. The van der Waals surface area contributed by atoms with Crippen molar-refractivity contribution >= 4 is 40.1 Å². The second kappa shape index (κ2) is 4.15. The zero-order valence-electron chi connectivity index (χ0n) is 9.02. The molecule has 4 nitrogen and oxygen atoms in total. The third-order valence-corrected chi connectivity index (χ3v) is 3.17. The Balaban J connectivity index is 2.16. The molecule has 0 unspecified atom stereocenters. The zero-order chi connectivity index (χ0) is 12.7. The molecular formula is C12H7Cl2N3O. The Morgan fingerprint density at radius 2 is 1.94 bits per heavy atom. The molecule has 3 aromatic rings. The maximum Gasteiger partial charge on any atom is 0.228 e. The maximum atomic E-state index is 5.95. The molecule has 0 atom stereocenters. The second-order valence-electron chi connectivity index (χ2n) is 3.74. The first-order valence-electron chi connectivity index (χ1n) is 5.11. The number of nitrogen functional groups attached to an aromatic ring is 1. The number of fused-ring (bicyclic) bond motifs is 1. The van der Waals surface area contributed by atoms with Gasteiger partial charge in [0.2, 0.25) is 5.89 Å². The van der Waals surface area contributed by atoms with Gasteiger partial charge in [0.05, 0.1) is 21.9 Å². The lowest BCUT2D eigenvalue weighted by Gasteiger charge is -1.97. The number of pyridine rings is 1. The number of hydrogen-bond acceptors (Lipinski definition) is 4. The van der Waals surface area contributed by atoms with Gasteiger partial charge in [-0.2, -0.15) is 4.98 Å². The van der Waals surface area contributed by atoms with Crippen molar-refractivity contribution in [1.82, 2.24) is 9.97 Å². The summed E-state index contributed by atoms with van der Waals surface area (Å²) in [5, 5.41) is 0.933. The first-order valence-corrected chi connectivity index (χ1v) is 5.86. The van der Waals surface area contributed by atoms with Crippen LogP contribution in [0.4, 0.5) is 5.69 Å². The van der Waals surface area contributed by atoms with Crippen LogP contribution in [-0.2, 0) is 0 Å². The molecule has 2 aromatic heterocycles. The van der Waals surface area contributed by atoms with Crippen molar-refractivity contribution in [2.24, 2.45) is 0 Å². The highest BCUT2D eigenvalue weighted by Gasteiger charge is 2.10. The highest BCUT2D eigenvalue weighted by molar-refractivity contribution is 6.42. The summed E-state index contributed by atoms with van der Waals surface area (Å²) in [6, 6.07) is 6.84. The van der Waals surface area contributed by atoms with Gasteiger partial charge in [0.25, 0.3) is 0 Å². The summed E-state index contributed by atoms with van der Waals surface area (Å²) in [6.45, 7) is 0. The van der Waals surface area contributed by atoms with E-state index < -0.39 is 0 Å². The van der Waals surface area contributed by atoms with Gasteiger partial charge in [-0.1, -0.05) is 23.2 Å². The smallest absolute Gasteiger partial charge is 0.228 e. The first kappa shape index (κ1) is 11.3. The van der Waals surface area contributed by atoms with Gasteiger partial charge in [-0.15, -0.1) is 0 Å². The van der Waals surface area contributed by atoms with Crippen molar-refractivity contribution < 1.29 is 4.42 Å². The fourth-order valence-electron chi connectivity index (χ4n) is 1.59. The third-order valence-electron chi connectivity index (χ3n) is 2.43. The van der Waals surface area contributed by atoms with E-state index in [0.717, 1.165) is 5.56 Å². The zero-order valence-corrected chi connectivity index (χ0v) is 10.5. The molecular weight excluding hydrogens is 273 g/mol. The van der Waals surface area contributed by atoms with Gasteiger partial charge in [0.15, 0.2) is 11.2 Å². The van der Waals surface area contributed by atoms with Crippen LogP contribution >= 0.6 is 23.2 Å². The molecule has 2 N–H and O–H groups in total. The van der Waals surface area contributed by atoms with Crippen LogP contribution in [0.25, 0.3) is 22.7 Å². The SMILES string of the molecule is Nc1cnc2nc(-c3ccc(Cl)c(Cl)c3)oc2c1. The van der Waals surface area contributed by atoms with Gasteiger partial charge < -0.3 is 10.2 Å². The Labute approximate surface area is 112 Å². The average molecular weight is 280 g/mol.